The number of hydrogen-bond acceptors (Lipinski definition) is 4. The monoisotopic (exact) mass is 367 g/mol. The molecule has 0 fully saturated rings. The van der Waals surface area contributed by atoms with Crippen LogP contribution in [0.15, 0.2) is 77.8 Å². The predicted molar refractivity (Wildman–Crippen MR) is 101 cm³/mol. The Hall–Kier alpha value is -3.19. The standard InChI is InChI=1S/C19H17N3O3S/c1-14-6-2-3-7-17(14)22-26(24,25)16-11-9-15(10-12-16)19(23)21-18-8-4-5-13-20-18/h2-13,22H,1H3,(H,20,21,23). The molecule has 6 nitrogen and oxygen atoms in total. The second-order valence-corrected chi connectivity index (χ2v) is 7.30. The van der Waals surface area contributed by atoms with E-state index in [9.17, 15) is 13.2 Å². The van der Waals surface area contributed by atoms with Crippen LogP contribution in [0.3, 0.4) is 0 Å². The van der Waals surface area contributed by atoms with Crippen molar-refractivity contribution in [1.82, 2.24) is 4.98 Å². The van der Waals surface area contributed by atoms with E-state index in [-0.39, 0.29) is 10.8 Å². The fourth-order valence-electron chi connectivity index (χ4n) is 2.30. The molecule has 1 amide bonds. The van der Waals surface area contributed by atoms with Crippen molar-refractivity contribution in [2.45, 2.75) is 11.8 Å². The Bertz CT molecular complexity index is 1020. The lowest BCUT2D eigenvalue weighted by Crippen LogP contribution is -2.15. The number of amides is 1. The summed E-state index contributed by atoms with van der Waals surface area (Å²) in [7, 11) is -3.73. The van der Waals surface area contributed by atoms with E-state index in [1.54, 1.807) is 36.5 Å². The van der Waals surface area contributed by atoms with Gasteiger partial charge < -0.3 is 5.32 Å². The van der Waals surface area contributed by atoms with Crippen molar-refractivity contribution in [3.63, 3.8) is 0 Å². The molecule has 0 aliphatic carbocycles. The Kier molecular flexibility index (Phi) is 4.99. The predicted octanol–water partition coefficient (Wildman–Crippen LogP) is 3.44. The summed E-state index contributed by atoms with van der Waals surface area (Å²) in [5, 5.41) is 2.65. The molecule has 0 saturated carbocycles. The highest BCUT2D eigenvalue weighted by Crippen LogP contribution is 2.19. The summed E-state index contributed by atoms with van der Waals surface area (Å²) in [6.07, 6.45) is 1.57. The Morgan fingerprint density at radius 1 is 0.923 bits per heavy atom. The van der Waals surface area contributed by atoms with Gasteiger partial charge in [-0.1, -0.05) is 24.3 Å². The van der Waals surface area contributed by atoms with Crippen LogP contribution in [-0.4, -0.2) is 19.3 Å². The summed E-state index contributed by atoms with van der Waals surface area (Å²) in [6.45, 7) is 1.82. The van der Waals surface area contributed by atoms with Crippen molar-refractivity contribution < 1.29 is 13.2 Å². The zero-order chi connectivity index (χ0) is 18.6. The number of carbonyl (C=O) groups excluding carboxylic acids is 1. The number of nitrogens with zero attached hydrogens (tertiary/aromatic N) is 1. The quantitative estimate of drug-likeness (QED) is 0.723. The van der Waals surface area contributed by atoms with Crippen LogP contribution in [0.4, 0.5) is 11.5 Å². The minimum Gasteiger partial charge on any atom is -0.307 e. The van der Waals surface area contributed by atoms with Gasteiger partial charge in [0.05, 0.1) is 10.6 Å². The van der Waals surface area contributed by atoms with Crippen molar-refractivity contribution in [1.29, 1.82) is 0 Å². The van der Waals surface area contributed by atoms with Crippen molar-refractivity contribution in [3.8, 4) is 0 Å². The molecule has 3 aromatic rings. The maximum atomic E-state index is 12.5. The van der Waals surface area contributed by atoms with E-state index in [0.717, 1.165) is 5.56 Å². The highest BCUT2D eigenvalue weighted by Gasteiger charge is 2.16. The molecular weight excluding hydrogens is 350 g/mol. The SMILES string of the molecule is Cc1ccccc1NS(=O)(=O)c1ccc(C(=O)Nc2ccccn2)cc1. The Balaban J connectivity index is 1.76. The van der Waals surface area contributed by atoms with Crippen LogP contribution >= 0.6 is 0 Å². The summed E-state index contributed by atoms with van der Waals surface area (Å²) < 4.78 is 27.6. The number of hydrogen-bond donors (Lipinski definition) is 2. The first kappa shape index (κ1) is 17.6. The molecule has 0 spiro atoms. The molecule has 0 radical (unpaired) electrons. The van der Waals surface area contributed by atoms with Gasteiger partial charge in [0.25, 0.3) is 15.9 Å². The molecule has 0 saturated heterocycles. The first-order chi connectivity index (χ1) is 12.5. The molecule has 26 heavy (non-hydrogen) atoms. The molecule has 1 heterocycles. The van der Waals surface area contributed by atoms with Gasteiger partial charge in [-0.25, -0.2) is 13.4 Å². The number of aromatic nitrogens is 1. The third-order valence-corrected chi connectivity index (χ3v) is 5.10. The molecule has 0 atom stereocenters. The summed E-state index contributed by atoms with van der Waals surface area (Å²) in [6, 6.07) is 18.0. The number of nitrogens with one attached hydrogen (secondary N) is 2. The average Bonchev–Trinajstić information content (AvgIpc) is 2.64. The van der Waals surface area contributed by atoms with E-state index in [2.05, 4.69) is 15.0 Å². The Morgan fingerprint density at radius 3 is 2.27 bits per heavy atom. The molecule has 0 unspecified atom stereocenters. The minimum atomic E-state index is -3.73. The van der Waals surface area contributed by atoms with Gasteiger partial charge in [0.1, 0.15) is 5.82 Å². The van der Waals surface area contributed by atoms with Crippen LogP contribution in [0.25, 0.3) is 0 Å². The van der Waals surface area contributed by atoms with E-state index in [1.807, 2.05) is 19.1 Å². The zero-order valence-electron chi connectivity index (χ0n) is 14.0. The molecule has 2 N–H and O–H groups in total. The number of anilines is 2. The van der Waals surface area contributed by atoms with E-state index in [4.69, 9.17) is 0 Å². The first-order valence-corrected chi connectivity index (χ1v) is 9.35. The van der Waals surface area contributed by atoms with Crippen LogP contribution in [-0.2, 0) is 10.0 Å². The molecule has 3 rings (SSSR count). The summed E-state index contributed by atoms with van der Waals surface area (Å²) in [5.74, 6) is 0.0647. The summed E-state index contributed by atoms with van der Waals surface area (Å²) in [4.78, 5) is 16.3. The minimum absolute atomic E-state index is 0.0788. The topological polar surface area (TPSA) is 88.2 Å². The largest absolute Gasteiger partial charge is 0.307 e. The van der Waals surface area contributed by atoms with Gasteiger partial charge in [0.2, 0.25) is 0 Å². The number of carbonyl (C=O) groups is 1. The lowest BCUT2D eigenvalue weighted by atomic mass is 10.2. The van der Waals surface area contributed by atoms with Gasteiger partial charge in [-0.05, 0) is 55.0 Å². The van der Waals surface area contributed by atoms with Crippen molar-refractivity contribution in [2.24, 2.45) is 0 Å². The van der Waals surface area contributed by atoms with Gasteiger partial charge in [-0.3, -0.25) is 9.52 Å². The third kappa shape index (κ3) is 4.07. The van der Waals surface area contributed by atoms with E-state index >= 15 is 0 Å². The Morgan fingerprint density at radius 2 is 1.62 bits per heavy atom. The van der Waals surface area contributed by atoms with Gasteiger partial charge >= 0.3 is 0 Å². The van der Waals surface area contributed by atoms with Crippen LogP contribution in [0.2, 0.25) is 0 Å². The lowest BCUT2D eigenvalue weighted by Gasteiger charge is -2.11. The maximum Gasteiger partial charge on any atom is 0.261 e. The highest BCUT2D eigenvalue weighted by atomic mass is 32.2. The third-order valence-electron chi connectivity index (χ3n) is 3.72. The number of pyridine rings is 1. The van der Waals surface area contributed by atoms with Gasteiger partial charge in [0.15, 0.2) is 0 Å². The highest BCUT2D eigenvalue weighted by molar-refractivity contribution is 7.92. The fraction of sp³-hybridized carbons (Fsp3) is 0.0526. The zero-order valence-corrected chi connectivity index (χ0v) is 14.8. The van der Waals surface area contributed by atoms with Crippen molar-refractivity contribution >= 4 is 27.4 Å². The van der Waals surface area contributed by atoms with Crippen molar-refractivity contribution in [2.75, 3.05) is 10.0 Å². The van der Waals surface area contributed by atoms with Gasteiger partial charge in [-0.2, -0.15) is 0 Å². The molecular formula is C19H17N3O3S. The van der Waals surface area contributed by atoms with Crippen LogP contribution in [0.1, 0.15) is 15.9 Å². The number of sulfonamides is 1. The van der Waals surface area contributed by atoms with Crippen molar-refractivity contribution in [3.05, 3.63) is 84.1 Å². The van der Waals surface area contributed by atoms with E-state index in [1.165, 1.54) is 24.3 Å². The smallest absolute Gasteiger partial charge is 0.261 e. The number of para-hydroxylation sites is 1. The molecule has 1 aromatic heterocycles. The maximum absolute atomic E-state index is 12.5. The van der Waals surface area contributed by atoms with E-state index < -0.39 is 10.0 Å². The Labute approximate surface area is 152 Å². The van der Waals surface area contributed by atoms with Crippen LogP contribution < -0.4 is 10.0 Å². The normalized spacial score (nSPS) is 11.0. The average molecular weight is 367 g/mol. The van der Waals surface area contributed by atoms with Crippen LogP contribution in [0.5, 0.6) is 0 Å². The number of aryl methyl sites for hydroxylation is 1. The van der Waals surface area contributed by atoms with Crippen LogP contribution in [0, 0.1) is 6.92 Å². The second kappa shape index (κ2) is 7.37. The fourth-order valence-corrected chi connectivity index (χ4v) is 3.43. The molecule has 7 heteroatoms. The molecule has 0 aliphatic rings. The second-order valence-electron chi connectivity index (χ2n) is 5.61. The van der Waals surface area contributed by atoms with Gasteiger partial charge in [-0.15, -0.1) is 0 Å². The lowest BCUT2D eigenvalue weighted by molar-refractivity contribution is 0.102. The first-order valence-electron chi connectivity index (χ1n) is 7.86. The summed E-state index contributed by atoms with van der Waals surface area (Å²) in [5.41, 5.74) is 1.68. The molecule has 0 bridgehead atoms. The van der Waals surface area contributed by atoms with E-state index in [0.29, 0.717) is 17.1 Å². The summed E-state index contributed by atoms with van der Waals surface area (Å²) >= 11 is 0. The molecule has 0 aliphatic heterocycles. The number of rotatable bonds is 5. The number of benzene rings is 2. The molecule has 2 aromatic carbocycles. The van der Waals surface area contributed by atoms with Gasteiger partial charge in [0, 0.05) is 11.8 Å². The molecule has 132 valence electrons.